The number of ether oxygens (including phenoxy) is 3. The quantitative estimate of drug-likeness (QED) is 0.724. The predicted octanol–water partition coefficient (Wildman–Crippen LogP) is 1.56. The Morgan fingerprint density at radius 2 is 1.92 bits per heavy atom. The fourth-order valence-corrected chi connectivity index (χ4v) is 1.98. The first-order valence-electron chi connectivity index (χ1n) is 7.61. The molecule has 0 aliphatic carbocycles. The third kappa shape index (κ3) is 5.57. The Morgan fingerprint density at radius 3 is 2.50 bits per heavy atom. The highest BCUT2D eigenvalue weighted by Crippen LogP contribution is 2.13. The minimum Gasteiger partial charge on any atom is -0.497 e. The Balaban J connectivity index is 2.60. The van der Waals surface area contributed by atoms with Crippen molar-refractivity contribution in [2.24, 2.45) is 5.92 Å². The minimum absolute atomic E-state index is 0.101. The molecular formula is C17H23NO6. The second-order valence-electron chi connectivity index (χ2n) is 5.26. The molecule has 0 aromatic heterocycles. The van der Waals surface area contributed by atoms with Crippen LogP contribution in [0.3, 0.4) is 0 Å². The van der Waals surface area contributed by atoms with Gasteiger partial charge in [-0.3, -0.25) is 4.79 Å². The van der Waals surface area contributed by atoms with Crippen LogP contribution in [-0.2, 0) is 19.1 Å². The highest BCUT2D eigenvalue weighted by molar-refractivity contribution is 5.92. The molecule has 0 unspecified atom stereocenters. The van der Waals surface area contributed by atoms with E-state index in [0.29, 0.717) is 12.2 Å². The average molecular weight is 337 g/mol. The molecule has 0 bridgehead atoms. The van der Waals surface area contributed by atoms with Crippen molar-refractivity contribution in [3.05, 3.63) is 29.8 Å². The summed E-state index contributed by atoms with van der Waals surface area (Å²) in [4.78, 5) is 35.6. The topological polar surface area (TPSA) is 90.9 Å². The lowest BCUT2D eigenvalue weighted by atomic mass is 9.99. The fraction of sp³-hybridized carbons (Fsp3) is 0.471. The van der Waals surface area contributed by atoms with Crippen LogP contribution in [-0.4, -0.2) is 44.7 Å². The zero-order valence-electron chi connectivity index (χ0n) is 14.3. The van der Waals surface area contributed by atoms with Crippen LogP contribution in [0.15, 0.2) is 24.3 Å². The van der Waals surface area contributed by atoms with Crippen molar-refractivity contribution in [3.63, 3.8) is 0 Å². The maximum Gasteiger partial charge on any atom is 0.338 e. The van der Waals surface area contributed by atoms with Gasteiger partial charge in [-0.1, -0.05) is 26.3 Å². The van der Waals surface area contributed by atoms with Crippen molar-refractivity contribution in [1.29, 1.82) is 0 Å². The summed E-state index contributed by atoms with van der Waals surface area (Å²) >= 11 is 0. The number of nitrogens with one attached hydrogen (secondary N) is 1. The lowest BCUT2D eigenvalue weighted by Gasteiger charge is -2.21. The average Bonchev–Trinajstić information content (AvgIpc) is 2.62. The molecule has 0 heterocycles. The molecule has 1 aromatic rings. The third-order valence-electron chi connectivity index (χ3n) is 3.62. The first-order chi connectivity index (χ1) is 11.4. The monoisotopic (exact) mass is 337 g/mol. The van der Waals surface area contributed by atoms with Gasteiger partial charge in [0.2, 0.25) is 0 Å². The summed E-state index contributed by atoms with van der Waals surface area (Å²) in [6.45, 7) is 3.24. The Morgan fingerprint density at radius 1 is 1.21 bits per heavy atom. The number of hydrogen-bond acceptors (Lipinski definition) is 6. The first-order valence-corrected chi connectivity index (χ1v) is 7.61. The maximum absolute atomic E-state index is 11.9. The summed E-state index contributed by atoms with van der Waals surface area (Å²) in [6, 6.07) is 5.63. The van der Waals surface area contributed by atoms with Crippen molar-refractivity contribution < 1.29 is 28.6 Å². The summed E-state index contributed by atoms with van der Waals surface area (Å²) in [7, 11) is 2.74. The van der Waals surface area contributed by atoms with Crippen LogP contribution in [0.2, 0.25) is 0 Å². The molecule has 0 aliphatic rings. The van der Waals surface area contributed by atoms with E-state index in [4.69, 9.17) is 9.47 Å². The molecule has 1 N–H and O–H groups in total. The molecule has 0 fully saturated rings. The summed E-state index contributed by atoms with van der Waals surface area (Å²) in [5.41, 5.74) is 0.272. The molecule has 0 radical (unpaired) electrons. The number of amides is 1. The van der Waals surface area contributed by atoms with Gasteiger partial charge in [0.05, 0.1) is 19.8 Å². The maximum atomic E-state index is 11.9. The van der Waals surface area contributed by atoms with Gasteiger partial charge in [-0.2, -0.15) is 0 Å². The number of benzene rings is 1. The summed E-state index contributed by atoms with van der Waals surface area (Å²) in [6.07, 6.45) is 0.684. The SMILES string of the molecule is CC[C@H](C)[C@@H](NC(=O)COC(=O)c1cccc(OC)c1)C(=O)OC. The van der Waals surface area contributed by atoms with Crippen LogP contribution < -0.4 is 10.1 Å². The molecule has 0 aliphatic heterocycles. The molecule has 0 saturated heterocycles. The van der Waals surface area contributed by atoms with Gasteiger partial charge in [0, 0.05) is 0 Å². The van der Waals surface area contributed by atoms with Gasteiger partial charge in [0.1, 0.15) is 11.8 Å². The van der Waals surface area contributed by atoms with Crippen molar-refractivity contribution in [1.82, 2.24) is 5.32 Å². The molecule has 7 heteroatoms. The number of esters is 2. The number of carbonyl (C=O) groups excluding carboxylic acids is 3. The van der Waals surface area contributed by atoms with Crippen molar-refractivity contribution >= 4 is 17.8 Å². The standard InChI is InChI=1S/C17H23NO6/c1-5-11(2)15(17(21)23-4)18-14(19)10-24-16(20)12-7-6-8-13(9-12)22-3/h6-9,11,15H,5,10H2,1-4H3,(H,18,19)/t11-,15+/m0/s1. The normalized spacial score (nSPS) is 12.7. The van der Waals surface area contributed by atoms with Gasteiger partial charge in [0.15, 0.2) is 6.61 Å². The lowest BCUT2D eigenvalue weighted by molar-refractivity contribution is -0.147. The minimum atomic E-state index is -0.775. The molecule has 1 aromatic carbocycles. The molecule has 2 atom stereocenters. The molecule has 7 nitrogen and oxygen atoms in total. The van der Waals surface area contributed by atoms with E-state index in [1.54, 1.807) is 18.2 Å². The summed E-state index contributed by atoms with van der Waals surface area (Å²) in [5, 5.41) is 2.53. The molecular weight excluding hydrogens is 314 g/mol. The number of hydrogen-bond donors (Lipinski definition) is 1. The van der Waals surface area contributed by atoms with E-state index in [1.807, 2.05) is 13.8 Å². The Labute approximate surface area is 141 Å². The number of methoxy groups -OCH3 is 2. The second kappa shape index (κ2) is 9.54. The van der Waals surface area contributed by atoms with Gasteiger partial charge in [0.25, 0.3) is 5.91 Å². The number of rotatable bonds is 8. The highest BCUT2D eigenvalue weighted by Gasteiger charge is 2.27. The lowest BCUT2D eigenvalue weighted by Crippen LogP contribution is -2.47. The molecule has 24 heavy (non-hydrogen) atoms. The zero-order valence-corrected chi connectivity index (χ0v) is 14.3. The van der Waals surface area contributed by atoms with Crippen LogP contribution in [0.1, 0.15) is 30.6 Å². The fourth-order valence-electron chi connectivity index (χ4n) is 1.98. The Hall–Kier alpha value is -2.57. The number of carbonyl (C=O) groups is 3. The van der Waals surface area contributed by atoms with Crippen LogP contribution in [0.4, 0.5) is 0 Å². The molecule has 132 valence electrons. The largest absolute Gasteiger partial charge is 0.497 e. The van der Waals surface area contributed by atoms with Gasteiger partial charge in [-0.15, -0.1) is 0 Å². The van der Waals surface area contributed by atoms with Crippen LogP contribution >= 0.6 is 0 Å². The van der Waals surface area contributed by atoms with E-state index in [-0.39, 0.29) is 11.5 Å². The van der Waals surface area contributed by atoms with E-state index < -0.39 is 30.5 Å². The van der Waals surface area contributed by atoms with Crippen LogP contribution in [0.5, 0.6) is 5.75 Å². The van der Waals surface area contributed by atoms with Gasteiger partial charge in [-0.05, 0) is 24.1 Å². The van der Waals surface area contributed by atoms with Crippen molar-refractivity contribution in [2.45, 2.75) is 26.3 Å². The molecule has 0 saturated carbocycles. The Kier molecular flexibility index (Phi) is 7.74. The van der Waals surface area contributed by atoms with Crippen molar-refractivity contribution in [3.8, 4) is 5.75 Å². The van der Waals surface area contributed by atoms with E-state index in [2.05, 4.69) is 10.1 Å². The van der Waals surface area contributed by atoms with Gasteiger partial charge < -0.3 is 19.5 Å². The van der Waals surface area contributed by atoms with Gasteiger partial charge in [-0.25, -0.2) is 9.59 Å². The molecule has 1 amide bonds. The van der Waals surface area contributed by atoms with Gasteiger partial charge >= 0.3 is 11.9 Å². The molecule has 0 spiro atoms. The predicted molar refractivity (Wildman–Crippen MR) is 86.7 cm³/mol. The van der Waals surface area contributed by atoms with Crippen molar-refractivity contribution in [2.75, 3.05) is 20.8 Å². The third-order valence-corrected chi connectivity index (χ3v) is 3.62. The summed E-state index contributed by atoms with van der Waals surface area (Å²) < 4.78 is 14.7. The van der Waals surface area contributed by atoms with E-state index in [0.717, 1.165) is 0 Å². The smallest absolute Gasteiger partial charge is 0.338 e. The van der Waals surface area contributed by atoms with E-state index in [9.17, 15) is 14.4 Å². The second-order valence-corrected chi connectivity index (χ2v) is 5.26. The highest BCUT2D eigenvalue weighted by atomic mass is 16.5. The van der Waals surface area contributed by atoms with Crippen LogP contribution in [0.25, 0.3) is 0 Å². The molecule has 1 rings (SSSR count). The Bertz CT molecular complexity index is 586. The first kappa shape index (κ1) is 19.5. The van der Waals surface area contributed by atoms with Crippen LogP contribution in [0, 0.1) is 5.92 Å². The van der Waals surface area contributed by atoms with E-state index in [1.165, 1.54) is 20.3 Å². The summed E-state index contributed by atoms with van der Waals surface area (Å²) in [5.74, 6) is -1.34. The van der Waals surface area contributed by atoms with E-state index >= 15 is 0 Å². The zero-order chi connectivity index (χ0) is 18.1.